The van der Waals surface area contributed by atoms with Crippen molar-refractivity contribution in [3.8, 4) is 0 Å². The highest BCUT2D eigenvalue weighted by atomic mass is 127. The van der Waals surface area contributed by atoms with Crippen molar-refractivity contribution in [2.45, 2.75) is 0 Å². The van der Waals surface area contributed by atoms with Crippen LogP contribution in [0, 0.1) is 0 Å². The lowest BCUT2D eigenvalue weighted by atomic mass is 11.8. The maximum atomic E-state index is 9.29. The molecule has 0 bridgehead atoms. The minimum atomic E-state index is -2.35. The molecule has 0 amide bonds. The fraction of sp³-hybridized carbons (Fsp3) is 1.00. The SMILES string of the molecule is CI.CO[P+](=O)O. The third-order valence-corrected chi connectivity index (χ3v) is 0.469. The Labute approximate surface area is 57.2 Å². The van der Waals surface area contributed by atoms with E-state index < -0.39 is 8.25 Å². The molecule has 0 rings (SSSR count). The monoisotopic (exact) mass is 237 g/mol. The summed E-state index contributed by atoms with van der Waals surface area (Å²) in [7, 11) is -1.18. The Hall–Kier alpha value is 0.750. The van der Waals surface area contributed by atoms with Gasteiger partial charge in [0, 0.05) is 4.57 Å². The molecule has 0 heterocycles. The first-order valence-electron chi connectivity index (χ1n) is 1.35. The third-order valence-electron chi connectivity index (χ3n) is 0.156. The summed E-state index contributed by atoms with van der Waals surface area (Å²) in [5, 5.41) is 0. The molecule has 0 aromatic heterocycles. The summed E-state index contributed by atoms with van der Waals surface area (Å²) in [6.07, 6.45) is 0. The highest BCUT2D eigenvalue weighted by Gasteiger charge is 2.02. The lowest BCUT2D eigenvalue weighted by Crippen LogP contribution is -1.57. The molecular weight excluding hydrogens is 230 g/mol. The first-order valence-corrected chi connectivity index (χ1v) is 4.64. The normalized spacial score (nSPS) is 8.86. The van der Waals surface area contributed by atoms with Crippen molar-refractivity contribution in [3.63, 3.8) is 0 Å². The summed E-state index contributed by atoms with van der Waals surface area (Å²) in [5.74, 6) is 0. The van der Waals surface area contributed by atoms with Gasteiger partial charge in [0.15, 0.2) is 0 Å². The van der Waals surface area contributed by atoms with Gasteiger partial charge in [-0.15, -0.1) is 9.42 Å². The summed E-state index contributed by atoms with van der Waals surface area (Å²) >= 11 is 2.15. The van der Waals surface area contributed by atoms with E-state index in [0.29, 0.717) is 0 Å². The van der Waals surface area contributed by atoms with Gasteiger partial charge in [-0.2, -0.15) is 0 Å². The molecule has 0 aliphatic carbocycles. The van der Waals surface area contributed by atoms with Crippen LogP contribution in [-0.4, -0.2) is 16.9 Å². The second kappa shape index (κ2) is 9.89. The summed E-state index contributed by atoms with van der Waals surface area (Å²) in [4.78, 5) is 9.62. The van der Waals surface area contributed by atoms with Crippen LogP contribution in [0.2, 0.25) is 0 Å². The van der Waals surface area contributed by atoms with Crippen LogP contribution in [0.3, 0.4) is 0 Å². The van der Waals surface area contributed by atoms with Gasteiger partial charge >= 0.3 is 8.25 Å². The van der Waals surface area contributed by atoms with Gasteiger partial charge in [0.25, 0.3) is 0 Å². The lowest BCUT2D eigenvalue weighted by molar-refractivity contribution is 0.343. The highest BCUT2D eigenvalue weighted by molar-refractivity contribution is 14.1. The van der Waals surface area contributed by atoms with E-state index in [1.54, 1.807) is 0 Å². The molecule has 0 saturated heterocycles. The largest absolute Gasteiger partial charge is 0.694 e. The van der Waals surface area contributed by atoms with Crippen LogP contribution in [0.5, 0.6) is 0 Å². The second-order valence-electron chi connectivity index (χ2n) is 0.420. The van der Waals surface area contributed by atoms with Gasteiger partial charge in [-0.3, -0.25) is 0 Å². The third kappa shape index (κ3) is 20.1. The predicted octanol–water partition coefficient (Wildman–Crippen LogP) is 1.33. The van der Waals surface area contributed by atoms with E-state index in [0.717, 1.165) is 0 Å². The maximum Gasteiger partial charge on any atom is 0.694 e. The quantitative estimate of drug-likeness (QED) is 0.425. The Morgan fingerprint density at radius 3 is 1.86 bits per heavy atom. The van der Waals surface area contributed by atoms with Crippen molar-refractivity contribution < 1.29 is 14.0 Å². The Kier molecular flexibility index (Phi) is 15.1. The molecule has 3 nitrogen and oxygen atoms in total. The van der Waals surface area contributed by atoms with Crippen LogP contribution in [-0.2, 0) is 9.09 Å². The van der Waals surface area contributed by atoms with E-state index in [4.69, 9.17) is 4.89 Å². The van der Waals surface area contributed by atoms with Gasteiger partial charge in [-0.1, -0.05) is 22.6 Å². The molecule has 0 radical (unpaired) electrons. The number of halogens is 1. The first kappa shape index (κ1) is 10.7. The average molecular weight is 237 g/mol. The van der Waals surface area contributed by atoms with Crippen LogP contribution >= 0.6 is 30.8 Å². The number of alkyl halides is 1. The molecule has 1 N–H and O–H groups in total. The highest BCUT2D eigenvalue weighted by Crippen LogP contribution is 2.09. The molecular formula is C2H7IO3P+. The maximum absolute atomic E-state index is 9.29. The predicted molar refractivity (Wildman–Crippen MR) is 36.8 cm³/mol. The molecule has 44 valence electrons. The Morgan fingerprint density at radius 1 is 1.71 bits per heavy atom. The summed E-state index contributed by atoms with van der Waals surface area (Å²) < 4.78 is 13.1. The zero-order chi connectivity index (χ0) is 6.28. The van der Waals surface area contributed by atoms with E-state index in [-0.39, 0.29) is 0 Å². The fourth-order valence-electron chi connectivity index (χ4n) is 0. The summed E-state index contributed by atoms with van der Waals surface area (Å²) in [6, 6.07) is 0. The van der Waals surface area contributed by atoms with Gasteiger partial charge in [0.2, 0.25) is 0 Å². The van der Waals surface area contributed by atoms with Crippen molar-refractivity contribution in [2.75, 3.05) is 12.0 Å². The second-order valence-corrected chi connectivity index (χ2v) is 1.26. The average Bonchev–Trinajstić information content (AvgIpc) is 1.73. The lowest BCUT2D eigenvalue weighted by Gasteiger charge is -1.55. The zero-order valence-corrected chi connectivity index (χ0v) is 7.14. The van der Waals surface area contributed by atoms with E-state index in [1.165, 1.54) is 7.11 Å². The van der Waals surface area contributed by atoms with E-state index >= 15 is 0 Å². The van der Waals surface area contributed by atoms with Gasteiger partial charge < -0.3 is 0 Å². The molecule has 5 heteroatoms. The standard InChI is InChI=1S/CH3I.CH3O3P/c1-2;1-4-5(2)3/h1H3;1H3/p+1. The van der Waals surface area contributed by atoms with Crippen molar-refractivity contribution in [2.24, 2.45) is 0 Å². The molecule has 1 unspecified atom stereocenters. The van der Waals surface area contributed by atoms with Gasteiger partial charge in [-0.25, -0.2) is 0 Å². The molecule has 0 aliphatic rings. The van der Waals surface area contributed by atoms with Gasteiger partial charge in [0.1, 0.15) is 0 Å². The minimum Gasteiger partial charge on any atom is -0.133 e. The molecule has 0 aliphatic heterocycles. The van der Waals surface area contributed by atoms with Crippen molar-refractivity contribution in [1.82, 2.24) is 0 Å². The number of rotatable bonds is 1. The first-order chi connectivity index (χ1) is 3.27. The molecule has 0 saturated carbocycles. The Bertz CT molecular complexity index is 48.2. The Morgan fingerprint density at radius 2 is 1.86 bits per heavy atom. The van der Waals surface area contributed by atoms with Crippen LogP contribution in [0.25, 0.3) is 0 Å². The van der Waals surface area contributed by atoms with E-state index in [1.807, 2.05) is 4.93 Å². The smallest absolute Gasteiger partial charge is 0.133 e. The van der Waals surface area contributed by atoms with Crippen molar-refractivity contribution in [3.05, 3.63) is 0 Å². The van der Waals surface area contributed by atoms with Crippen molar-refractivity contribution in [1.29, 1.82) is 0 Å². The molecule has 0 fully saturated rings. The summed E-state index contributed by atoms with van der Waals surface area (Å²) in [5.41, 5.74) is 0. The van der Waals surface area contributed by atoms with E-state index in [9.17, 15) is 4.57 Å². The van der Waals surface area contributed by atoms with E-state index in [2.05, 4.69) is 27.1 Å². The fourth-order valence-corrected chi connectivity index (χ4v) is 0. The molecule has 0 aromatic rings. The summed E-state index contributed by atoms with van der Waals surface area (Å²) in [6.45, 7) is 0. The van der Waals surface area contributed by atoms with Gasteiger partial charge in [0.05, 0.1) is 7.11 Å². The topological polar surface area (TPSA) is 46.5 Å². The van der Waals surface area contributed by atoms with Gasteiger partial charge in [-0.05, 0) is 4.93 Å². The number of hydrogen-bond acceptors (Lipinski definition) is 2. The van der Waals surface area contributed by atoms with Crippen LogP contribution < -0.4 is 0 Å². The van der Waals surface area contributed by atoms with Crippen LogP contribution in [0.4, 0.5) is 0 Å². The molecule has 0 aromatic carbocycles. The van der Waals surface area contributed by atoms with Crippen molar-refractivity contribution >= 4 is 30.8 Å². The Balaban J connectivity index is 0. The van der Waals surface area contributed by atoms with Crippen LogP contribution in [0.1, 0.15) is 0 Å². The van der Waals surface area contributed by atoms with Crippen LogP contribution in [0.15, 0.2) is 0 Å². The molecule has 0 spiro atoms. The minimum absolute atomic E-state index is 1.17. The molecule has 1 atom stereocenters. The number of hydrogen-bond donors (Lipinski definition) is 1. The zero-order valence-electron chi connectivity index (χ0n) is 4.09. The molecule has 7 heavy (non-hydrogen) atoms.